The number of carboxylic acid groups (broad SMARTS) is 1. The first-order valence-corrected chi connectivity index (χ1v) is 10.2. The second kappa shape index (κ2) is 10.3. The minimum atomic E-state index is -5.08. The molecule has 34 heavy (non-hydrogen) atoms. The monoisotopic (exact) mass is 488 g/mol. The highest BCUT2D eigenvalue weighted by Crippen LogP contribution is 2.42. The van der Waals surface area contributed by atoms with E-state index in [4.69, 9.17) is 19.4 Å². The number of hydrogen-bond donors (Lipinski definition) is 1. The van der Waals surface area contributed by atoms with Gasteiger partial charge in [-0.15, -0.1) is 0 Å². The molecule has 12 heteroatoms. The molecule has 1 unspecified atom stereocenters. The lowest BCUT2D eigenvalue weighted by atomic mass is 9.79. The van der Waals surface area contributed by atoms with E-state index in [1.54, 1.807) is 11.1 Å². The predicted molar refractivity (Wildman–Crippen MR) is 107 cm³/mol. The minimum absolute atomic E-state index is 0.150. The fourth-order valence-electron chi connectivity index (χ4n) is 3.84. The van der Waals surface area contributed by atoms with E-state index >= 15 is 0 Å². The molecule has 2 aromatic rings. The molecular weight excluding hydrogens is 467 g/mol. The number of carbonyl (C=O) groups excluding carboxylic acids is 1. The number of amides is 1. The summed E-state index contributed by atoms with van der Waals surface area (Å²) in [5.74, 6) is -4.16. The molecule has 2 aliphatic heterocycles. The van der Waals surface area contributed by atoms with Gasteiger partial charge >= 0.3 is 12.1 Å². The number of carboxylic acids is 1. The third-order valence-corrected chi connectivity index (χ3v) is 5.57. The second-order valence-corrected chi connectivity index (χ2v) is 7.80. The van der Waals surface area contributed by atoms with Crippen molar-refractivity contribution in [3.63, 3.8) is 0 Å². The molecule has 0 bridgehead atoms. The summed E-state index contributed by atoms with van der Waals surface area (Å²) in [6.45, 7) is 2.10. The van der Waals surface area contributed by atoms with E-state index in [9.17, 15) is 26.7 Å². The SMILES string of the molecule is O=C(O)C(F)(F)F.O=C(c1ccc(F)c(F)c1)N1CC2(C1)OCCC2CCOc1ccccn1. The fourth-order valence-corrected chi connectivity index (χ4v) is 3.84. The van der Waals surface area contributed by atoms with Gasteiger partial charge in [-0.05, 0) is 43.0 Å². The molecule has 7 nitrogen and oxygen atoms in total. The molecule has 0 aliphatic carbocycles. The lowest BCUT2D eigenvalue weighted by molar-refractivity contribution is -0.192. The van der Waals surface area contributed by atoms with E-state index in [1.165, 1.54) is 6.07 Å². The zero-order valence-corrected chi connectivity index (χ0v) is 17.7. The number of halogens is 5. The van der Waals surface area contributed by atoms with Crippen LogP contribution in [0, 0.1) is 17.6 Å². The van der Waals surface area contributed by atoms with Gasteiger partial charge in [0.15, 0.2) is 11.6 Å². The van der Waals surface area contributed by atoms with Crippen LogP contribution in [0.4, 0.5) is 22.0 Å². The lowest BCUT2D eigenvalue weighted by Crippen LogP contribution is -2.66. The van der Waals surface area contributed by atoms with E-state index in [0.717, 1.165) is 25.0 Å². The van der Waals surface area contributed by atoms with Crippen molar-refractivity contribution in [1.82, 2.24) is 9.88 Å². The van der Waals surface area contributed by atoms with Gasteiger partial charge in [0, 0.05) is 24.4 Å². The second-order valence-electron chi connectivity index (χ2n) is 7.80. The number of likely N-dealkylation sites (tertiary alicyclic amines) is 1. The highest BCUT2D eigenvalue weighted by atomic mass is 19.4. The van der Waals surface area contributed by atoms with Crippen molar-refractivity contribution in [2.75, 3.05) is 26.3 Å². The van der Waals surface area contributed by atoms with Gasteiger partial charge in [0.2, 0.25) is 5.88 Å². The predicted octanol–water partition coefficient (Wildman–Crippen LogP) is 3.69. The van der Waals surface area contributed by atoms with Gasteiger partial charge in [0.05, 0.1) is 19.7 Å². The van der Waals surface area contributed by atoms with Crippen LogP contribution in [0.1, 0.15) is 23.2 Å². The minimum Gasteiger partial charge on any atom is -0.478 e. The maximum Gasteiger partial charge on any atom is 0.490 e. The largest absolute Gasteiger partial charge is 0.490 e. The summed E-state index contributed by atoms with van der Waals surface area (Å²) in [5, 5.41) is 7.12. The Kier molecular flexibility index (Phi) is 7.70. The molecule has 1 N–H and O–H groups in total. The third kappa shape index (κ3) is 5.99. The molecule has 1 amide bonds. The average molecular weight is 488 g/mol. The van der Waals surface area contributed by atoms with Crippen LogP contribution in [0.25, 0.3) is 0 Å². The first-order valence-electron chi connectivity index (χ1n) is 10.2. The van der Waals surface area contributed by atoms with Crippen molar-refractivity contribution in [2.45, 2.75) is 24.6 Å². The zero-order chi connectivity index (χ0) is 24.9. The van der Waals surface area contributed by atoms with Crippen LogP contribution in [0.3, 0.4) is 0 Å². The molecule has 184 valence electrons. The maximum atomic E-state index is 13.4. The average Bonchev–Trinajstić information content (AvgIpc) is 3.19. The first kappa shape index (κ1) is 25.3. The number of aliphatic carboxylic acids is 1. The van der Waals surface area contributed by atoms with Crippen molar-refractivity contribution in [1.29, 1.82) is 0 Å². The van der Waals surface area contributed by atoms with Gasteiger partial charge in [-0.1, -0.05) is 6.07 Å². The standard InChI is InChI=1S/C20H20F2N2O3.C2HF3O2/c21-16-5-4-14(11-17(16)22)19(25)24-12-20(13-24)15(7-10-27-20)6-9-26-18-3-1-2-8-23-18;3-2(4,5)1(6)7/h1-5,8,11,15H,6-7,9-10,12-13H2;(H,6,7). The van der Waals surface area contributed by atoms with E-state index in [1.807, 2.05) is 18.2 Å². The first-order chi connectivity index (χ1) is 16.0. The number of alkyl halides is 3. The normalized spacial score (nSPS) is 18.6. The Balaban J connectivity index is 0.000000406. The molecule has 2 fully saturated rings. The van der Waals surface area contributed by atoms with Crippen LogP contribution in [0.15, 0.2) is 42.6 Å². The summed E-state index contributed by atoms with van der Waals surface area (Å²) in [6, 6.07) is 8.74. The molecule has 0 saturated carbocycles. The van der Waals surface area contributed by atoms with Gasteiger partial charge in [-0.2, -0.15) is 13.2 Å². The summed E-state index contributed by atoms with van der Waals surface area (Å²) in [6.07, 6.45) is -1.67. The van der Waals surface area contributed by atoms with E-state index in [-0.39, 0.29) is 23.0 Å². The van der Waals surface area contributed by atoms with Crippen LogP contribution in [0.5, 0.6) is 5.88 Å². The molecule has 0 radical (unpaired) electrons. The molecule has 4 rings (SSSR count). The zero-order valence-electron chi connectivity index (χ0n) is 17.7. The molecule has 1 spiro atoms. The van der Waals surface area contributed by atoms with Crippen molar-refractivity contribution in [2.24, 2.45) is 5.92 Å². The van der Waals surface area contributed by atoms with Crippen molar-refractivity contribution in [3.05, 3.63) is 59.8 Å². The van der Waals surface area contributed by atoms with E-state index in [2.05, 4.69) is 4.98 Å². The fraction of sp³-hybridized carbons (Fsp3) is 0.409. The Labute approximate surface area is 191 Å². The van der Waals surface area contributed by atoms with E-state index < -0.39 is 23.8 Å². The Morgan fingerprint density at radius 1 is 1.18 bits per heavy atom. The lowest BCUT2D eigenvalue weighted by Gasteiger charge is -2.50. The molecule has 1 aromatic carbocycles. The van der Waals surface area contributed by atoms with Crippen LogP contribution >= 0.6 is 0 Å². The summed E-state index contributed by atoms with van der Waals surface area (Å²) >= 11 is 0. The smallest absolute Gasteiger partial charge is 0.478 e. The third-order valence-electron chi connectivity index (χ3n) is 5.57. The van der Waals surface area contributed by atoms with Crippen LogP contribution in [-0.4, -0.2) is 64.9 Å². The number of rotatable bonds is 5. The van der Waals surface area contributed by atoms with Crippen LogP contribution in [-0.2, 0) is 9.53 Å². The number of ether oxygens (including phenoxy) is 2. The number of nitrogens with zero attached hydrogens (tertiary/aromatic N) is 2. The molecule has 2 aliphatic rings. The Morgan fingerprint density at radius 3 is 2.47 bits per heavy atom. The number of carbonyl (C=O) groups is 2. The molecule has 3 heterocycles. The summed E-state index contributed by atoms with van der Waals surface area (Å²) in [4.78, 5) is 27.1. The number of pyridine rings is 1. The maximum absolute atomic E-state index is 13.4. The van der Waals surface area contributed by atoms with Gasteiger partial charge in [0.25, 0.3) is 5.91 Å². The molecular formula is C22H21F5N2O5. The highest BCUT2D eigenvalue weighted by molar-refractivity contribution is 5.95. The topological polar surface area (TPSA) is 89.0 Å². The Hall–Kier alpha value is -3.28. The molecule has 1 aromatic heterocycles. The number of aromatic nitrogens is 1. The Bertz CT molecular complexity index is 1010. The van der Waals surface area contributed by atoms with Gasteiger partial charge in [-0.25, -0.2) is 18.6 Å². The van der Waals surface area contributed by atoms with Crippen LogP contribution in [0.2, 0.25) is 0 Å². The highest BCUT2D eigenvalue weighted by Gasteiger charge is 2.54. The summed E-state index contributed by atoms with van der Waals surface area (Å²) in [7, 11) is 0. The van der Waals surface area contributed by atoms with Crippen molar-refractivity contribution < 1.29 is 46.1 Å². The number of benzene rings is 1. The van der Waals surface area contributed by atoms with Crippen LogP contribution < -0.4 is 4.74 Å². The summed E-state index contributed by atoms with van der Waals surface area (Å²) in [5.41, 5.74) is -0.210. The summed E-state index contributed by atoms with van der Waals surface area (Å²) < 4.78 is 69.8. The van der Waals surface area contributed by atoms with Crippen molar-refractivity contribution >= 4 is 11.9 Å². The van der Waals surface area contributed by atoms with Gasteiger partial charge in [-0.3, -0.25) is 4.79 Å². The van der Waals surface area contributed by atoms with Gasteiger partial charge in [0.1, 0.15) is 5.60 Å². The molecule has 1 atom stereocenters. The van der Waals surface area contributed by atoms with Gasteiger partial charge < -0.3 is 19.5 Å². The Morgan fingerprint density at radius 2 is 1.88 bits per heavy atom. The molecule has 2 saturated heterocycles. The van der Waals surface area contributed by atoms with Crippen molar-refractivity contribution in [3.8, 4) is 5.88 Å². The quantitative estimate of drug-likeness (QED) is 0.646. The van der Waals surface area contributed by atoms with E-state index in [0.29, 0.717) is 32.2 Å². The number of hydrogen-bond acceptors (Lipinski definition) is 5.